The number of pyridine rings is 2. The predicted molar refractivity (Wildman–Crippen MR) is 127 cm³/mol. The first kappa shape index (κ1) is 21.1. The van der Waals surface area contributed by atoms with E-state index in [9.17, 15) is 0 Å². The molecule has 33 heavy (non-hydrogen) atoms. The van der Waals surface area contributed by atoms with E-state index in [1.807, 2.05) is 24.4 Å². The number of hydrogen-bond acceptors (Lipinski definition) is 5. The van der Waals surface area contributed by atoms with Gasteiger partial charge in [0, 0.05) is 35.7 Å². The van der Waals surface area contributed by atoms with E-state index < -0.39 is 10.1 Å². The van der Waals surface area contributed by atoms with Gasteiger partial charge in [-0.1, -0.05) is 36.4 Å². The third-order valence-electron chi connectivity index (χ3n) is 5.60. The summed E-state index contributed by atoms with van der Waals surface area (Å²) in [5.74, 6) is 1.82. The highest BCUT2D eigenvalue weighted by molar-refractivity contribution is 7.84. The molecule has 164 valence electrons. The van der Waals surface area contributed by atoms with Crippen LogP contribution in [0.4, 0.5) is 0 Å². The van der Waals surface area contributed by atoms with Gasteiger partial charge in [0.25, 0.3) is 0 Å². The summed E-state index contributed by atoms with van der Waals surface area (Å²) in [5.41, 5.74) is 5.80. The Kier molecular flexibility index (Phi) is 5.08. The van der Waals surface area contributed by atoms with Crippen LogP contribution in [0.1, 0.15) is 0 Å². The summed E-state index contributed by atoms with van der Waals surface area (Å²) < 4.78 is 35.7. The average molecular weight is 457 g/mol. The number of fused-ring (bicyclic) bond motifs is 4. The summed E-state index contributed by atoms with van der Waals surface area (Å²) in [6.45, 7) is 0. The van der Waals surface area contributed by atoms with Crippen molar-refractivity contribution in [1.82, 2.24) is 4.98 Å². The molecule has 0 amide bonds. The van der Waals surface area contributed by atoms with E-state index in [2.05, 4.69) is 71.2 Å². The molecule has 0 N–H and O–H groups in total. The number of nitrogens with zero attached hydrogens (tertiary/aromatic N) is 2. The van der Waals surface area contributed by atoms with Gasteiger partial charge in [-0.15, -0.1) is 0 Å². The third-order valence-corrected chi connectivity index (χ3v) is 5.60. The Morgan fingerprint density at radius 2 is 1.64 bits per heavy atom. The number of hydrogen-bond donors (Lipinski definition) is 0. The lowest BCUT2D eigenvalue weighted by molar-refractivity contribution is -0.632. The van der Waals surface area contributed by atoms with Crippen molar-refractivity contribution in [2.75, 3.05) is 6.26 Å². The molecule has 0 aliphatic carbocycles. The Morgan fingerprint density at radius 3 is 2.39 bits per heavy atom. The predicted octanol–water partition coefficient (Wildman–Crippen LogP) is 4.81. The van der Waals surface area contributed by atoms with Crippen molar-refractivity contribution >= 4 is 31.8 Å². The van der Waals surface area contributed by atoms with Gasteiger partial charge in [-0.2, -0.15) is 4.57 Å². The SMILES string of the molecule is CS(=O)(=O)[O-].C[n+]1c2c3c(cccc3c3ccc(-c4cccnc4)cc31)Oc1ccccc1-2. The van der Waals surface area contributed by atoms with Crippen LogP contribution in [0, 0.1) is 0 Å². The molecule has 0 spiro atoms. The number of aromatic nitrogens is 2. The lowest BCUT2D eigenvalue weighted by Crippen LogP contribution is -2.33. The molecule has 0 fully saturated rings. The molecular formula is C26H20N2O4S. The van der Waals surface area contributed by atoms with E-state index in [4.69, 9.17) is 17.7 Å². The molecule has 0 bridgehead atoms. The van der Waals surface area contributed by atoms with Crippen LogP contribution < -0.4 is 9.30 Å². The van der Waals surface area contributed by atoms with Gasteiger partial charge in [-0.25, -0.2) is 8.42 Å². The molecule has 6 nitrogen and oxygen atoms in total. The molecule has 5 aromatic rings. The van der Waals surface area contributed by atoms with Gasteiger partial charge in [0.05, 0.1) is 26.5 Å². The maximum Gasteiger partial charge on any atom is 0.228 e. The Hall–Kier alpha value is -3.81. The highest BCUT2D eigenvalue weighted by atomic mass is 32.2. The first-order chi connectivity index (χ1) is 15.8. The first-order valence-electron chi connectivity index (χ1n) is 10.3. The van der Waals surface area contributed by atoms with E-state index in [1.165, 1.54) is 32.9 Å². The largest absolute Gasteiger partial charge is 0.748 e. The Labute approximate surface area is 191 Å². The van der Waals surface area contributed by atoms with Crippen LogP contribution in [0.25, 0.3) is 44.1 Å². The van der Waals surface area contributed by atoms with Gasteiger partial charge in [-0.05, 0) is 35.9 Å². The zero-order valence-electron chi connectivity index (χ0n) is 18.0. The summed E-state index contributed by atoms with van der Waals surface area (Å²) in [6, 6.07) is 25.3. The molecule has 7 heteroatoms. The molecule has 3 heterocycles. The topological polar surface area (TPSA) is 83.2 Å². The van der Waals surface area contributed by atoms with E-state index in [0.717, 1.165) is 22.6 Å². The van der Waals surface area contributed by atoms with Crippen molar-refractivity contribution in [3.8, 4) is 33.9 Å². The fourth-order valence-electron chi connectivity index (χ4n) is 4.31. The summed E-state index contributed by atoms with van der Waals surface area (Å²) in [4.78, 5) is 4.27. The van der Waals surface area contributed by atoms with E-state index in [1.54, 1.807) is 6.20 Å². The van der Waals surface area contributed by atoms with Crippen molar-refractivity contribution in [3.05, 3.63) is 85.2 Å². The maximum atomic E-state index is 9.08. The van der Waals surface area contributed by atoms with Gasteiger partial charge >= 0.3 is 0 Å². The Balaban J connectivity index is 0.000000416. The highest BCUT2D eigenvalue weighted by Gasteiger charge is 2.29. The van der Waals surface area contributed by atoms with E-state index in [0.29, 0.717) is 6.26 Å². The lowest BCUT2D eigenvalue weighted by Gasteiger charge is -2.20. The molecule has 0 atom stereocenters. The summed E-state index contributed by atoms with van der Waals surface area (Å²) >= 11 is 0. The Bertz CT molecular complexity index is 1620. The van der Waals surface area contributed by atoms with Gasteiger partial charge in [0.1, 0.15) is 18.5 Å². The minimum atomic E-state index is -3.92. The van der Waals surface area contributed by atoms with Crippen molar-refractivity contribution in [2.24, 2.45) is 7.05 Å². The zero-order chi connectivity index (χ0) is 23.2. The second-order valence-corrected chi connectivity index (χ2v) is 9.27. The van der Waals surface area contributed by atoms with Crippen LogP contribution in [0.15, 0.2) is 85.2 Å². The molecule has 1 aliphatic heterocycles. The summed E-state index contributed by atoms with van der Waals surface area (Å²) in [5, 5.41) is 3.61. The highest BCUT2D eigenvalue weighted by Crippen LogP contribution is 2.46. The van der Waals surface area contributed by atoms with Crippen LogP contribution in [0.2, 0.25) is 0 Å². The van der Waals surface area contributed by atoms with Crippen LogP contribution in [-0.2, 0) is 17.2 Å². The quantitative estimate of drug-likeness (QED) is 0.201. The number of rotatable bonds is 1. The molecule has 6 rings (SSSR count). The van der Waals surface area contributed by atoms with Crippen molar-refractivity contribution < 1.29 is 22.3 Å². The molecule has 0 saturated carbocycles. The summed E-state index contributed by atoms with van der Waals surface area (Å²) in [7, 11) is -1.77. The van der Waals surface area contributed by atoms with Crippen LogP contribution in [0.3, 0.4) is 0 Å². The fourth-order valence-corrected chi connectivity index (χ4v) is 4.31. The number of para-hydroxylation sites is 1. The van der Waals surface area contributed by atoms with Crippen LogP contribution >= 0.6 is 0 Å². The normalized spacial score (nSPS) is 12.0. The number of benzene rings is 3. The van der Waals surface area contributed by atoms with Crippen molar-refractivity contribution in [1.29, 1.82) is 0 Å². The smallest absolute Gasteiger partial charge is 0.228 e. The summed E-state index contributed by atoms with van der Waals surface area (Å²) in [6.07, 6.45) is 4.32. The molecule has 3 aromatic carbocycles. The minimum Gasteiger partial charge on any atom is -0.748 e. The molecule has 2 aromatic heterocycles. The number of aryl methyl sites for hydroxylation is 1. The first-order valence-corrected chi connectivity index (χ1v) is 12.1. The standard InChI is InChI=1S/C25H17N2O.CH4O3S/c1-27-21-14-16(17-6-5-13-26-15-17)11-12-18(21)19-8-4-10-23-24(19)25(27)20-7-2-3-9-22(20)28-23;1-5(2,3)4/h2-15H,1H3;1H3,(H,2,3,4)/q+1;/p-1. The Morgan fingerprint density at radius 1 is 0.879 bits per heavy atom. The second-order valence-electron chi connectivity index (χ2n) is 7.86. The molecule has 0 saturated heterocycles. The zero-order valence-corrected chi connectivity index (χ0v) is 18.8. The second kappa shape index (κ2) is 7.95. The minimum absolute atomic E-state index is 0.604. The van der Waals surface area contributed by atoms with Gasteiger partial charge in [0.15, 0.2) is 0 Å². The number of ether oxygens (including phenoxy) is 1. The molecule has 0 radical (unpaired) electrons. The maximum absolute atomic E-state index is 9.08. The van der Waals surface area contributed by atoms with Gasteiger partial charge in [-0.3, -0.25) is 4.98 Å². The van der Waals surface area contributed by atoms with Crippen LogP contribution in [-0.4, -0.2) is 24.2 Å². The van der Waals surface area contributed by atoms with Gasteiger partial charge < -0.3 is 9.29 Å². The fraction of sp³-hybridized carbons (Fsp3) is 0.0769. The third kappa shape index (κ3) is 3.92. The van der Waals surface area contributed by atoms with Crippen molar-refractivity contribution in [2.45, 2.75) is 0 Å². The van der Waals surface area contributed by atoms with Crippen molar-refractivity contribution in [3.63, 3.8) is 0 Å². The van der Waals surface area contributed by atoms with Gasteiger partial charge in [0.2, 0.25) is 11.2 Å². The van der Waals surface area contributed by atoms with E-state index >= 15 is 0 Å². The molecule has 0 unspecified atom stereocenters. The average Bonchev–Trinajstić information content (AvgIpc) is 2.80. The monoisotopic (exact) mass is 456 g/mol. The lowest BCUT2D eigenvalue weighted by atomic mass is 9.95. The van der Waals surface area contributed by atoms with Crippen LogP contribution in [0.5, 0.6) is 11.5 Å². The molecular weight excluding hydrogens is 436 g/mol. The van der Waals surface area contributed by atoms with E-state index in [-0.39, 0.29) is 0 Å². The molecule has 1 aliphatic rings.